The van der Waals surface area contributed by atoms with Gasteiger partial charge in [-0.15, -0.1) is 0 Å². The summed E-state index contributed by atoms with van der Waals surface area (Å²) in [5, 5.41) is 0. The Hall–Kier alpha value is 0.815. The Labute approximate surface area is 79.2 Å². The zero-order chi connectivity index (χ0) is 4.50. The van der Waals surface area contributed by atoms with Gasteiger partial charge in [-0.05, 0) is 0 Å². The van der Waals surface area contributed by atoms with Crippen molar-refractivity contribution < 1.29 is 68.7 Å². The van der Waals surface area contributed by atoms with Crippen molar-refractivity contribution in [2.75, 3.05) is 0 Å². The van der Waals surface area contributed by atoms with Crippen molar-refractivity contribution >= 4 is 10.4 Å². The first kappa shape index (κ1) is 44.9. The van der Waals surface area contributed by atoms with Crippen LogP contribution in [0.4, 0.5) is 0 Å². The van der Waals surface area contributed by atoms with Crippen LogP contribution in [-0.4, -0.2) is 34.0 Å². The van der Waals surface area contributed by atoms with E-state index in [1.807, 2.05) is 0 Å². The molecular weight excluding hydrogens is 248 g/mol. The maximum atomic E-state index is 8.52. The third-order valence-corrected chi connectivity index (χ3v) is 0. The van der Waals surface area contributed by atoms with Gasteiger partial charge >= 0.3 is 34.7 Å². The molecule has 0 heterocycles. The van der Waals surface area contributed by atoms with Gasteiger partial charge in [0.25, 0.3) is 0 Å². The molecule has 10 heavy (non-hydrogen) atoms. The average Bonchev–Trinajstić information content (AvgIpc) is 0.722. The van der Waals surface area contributed by atoms with Crippen LogP contribution in [0.25, 0.3) is 0 Å². The average molecular weight is 254 g/mol. The second kappa shape index (κ2) is 16.4. The van der Waals surface area contributed by atoms with Gasteiger partial charge < -0.3 is 25.5 Å². The van der Waals surface area contributed by atoms with Crippen LogP contribution in [0.2, 0.25) is 0 Å². The van der Waals surface area contributed by atoms with E-state index < -0.39 is 10.4 Å². The molecule has 0 amide bonds. The first-order valence-electron chi connectivity index (χ1n) is 0.667. The second-order valence-corrected chi connectivity index (χ2v) is 1.22. The number of rotatable bonds is 0. The van der Waals surface area contributed by atoms with Crippen molar-refractivity contribution in [1.29, 1.82) is 0 Å². The van der Waals surface area contributed by atoms with Crippen LogP contribution in [0.15, 0.2) is 0 Å². The van der Waals surface area contributed by atoms with Gasteiger partial charge in [-0.2, -0.15) is 0 Å². The summed E-state index contributed by atoms with van der Waals surface area (Å²) in [6.45, 7) is 0. The SMILES string of the molecule is O.O.O.O=S(=O)([O-])[O-].[Cr+3].[Cr+3]. The van der Waals surface area contributed by atoms with E-state index in [1.165, 1.54) is 0 Å². The summed E-state index contributed by atoms with van der Waals surface area (Å²) in [5.74, 6) is 0. The summed E-state index contributed by atoms with van der Waals surface area (Å²) in [5.41, 5.74) is 0. The predicted octanol–water partition coefficient (Wildman–Crippen LogP) is -3.82. The molecule has 0 bridgehead atoms. The maximum Gasteiger partial charge on any atom is 3.00 e. The van der Waals surface area contributed by atoms with Crippen LogP contribution < -0.4 is 0 Å². The zero-order valence-electron chi connectivity index (χ0n) is 4.36. The Morgan fingerprint density at radius 3 is 0.800 bits per heavy atom. The summed E-state index contributed by atoms with van der Waals surface area (Å²) in [4.78, 5) is 0. The van der Waals surface area contributed by atoms with E-state index in [0.29, 0.717) is 0 Å². The summed E-state index contributed by atoms with van der Waals surface area (Å²) in [6.07, 6.45) is 0. The molecule has 0 fully saturated rings. The standard InChI is InChI=1S/2Cr.H2O4S.3H2O/c;;1-5(2,3)4;;;/h;;(H2,1,2,3,4);3*1H2/q2*+3;;;;/p-2. The molecule has 0 saturated heterocycles. The van der Waals surface area contributed by atoms with Gasteiger partial charge in [0, 0.05) is 10.4 Å². The van der Waals surface area contributed by atoms with E-state index in [9.17, 15) is 0 Å². The van der Waals surface area contributed by atoms with Gasteiger partial charge in [0.1, 0.15) is 0 Å². The predicted molar refractivity (Wildman–Crippen MR) is 21.3 cm³/mol. The quantitative estimate of drug-likeness (QED) is 0.318. The molecule has 0 aromatic carbocycles. The molecule has 0 atom stereocenters. The molecular formula is H6Cr2O7S+4. The third kappa shape index (κ3) is 811. The van der Waals surface area contributed by atoms with Crippen molar-refractivity contribution in [3.63, 3.8) is 0 Å². The van der Waals surface area contributed by atoms with Crippen LogP contribution in [0.1, 0.15) is 0 Å². The molecule has 10 heteroatoms. The fraction of sp³-hybridized carbons (Fsp3) is 0. The van der Waals surface area contributed by atoms with Crippen LogP contribution in [0.5, 0.6) is 0 Å². The minimum Gasteiger partial charge on any atom is -0.759 e. The van der Waals surface area contributed by atoms with Gasteiger partial charge in [-0.1, -0.05) is 0 Å². The van der Waals surface area contributed by atoms with E-state index in [-0.39, 0.29) is 51.2 Å². The summed E-state index contributed by atoms with van der Waals surface area (Å²) in [7, 11) is -5.17. The van der Waals surface area contributed by atoms with E-state index in [2.05, 4.69) is 0 Å². The Kier molecular flexibility index (Phi) is 73.8. The summed E-state index contributed by atoms with van der Waals surface area (Å²) < 4.78 is 34.1. The normalized spacial score (nSPS) is 5.80. The Morgan fingerprint density at radius 1 is 0.800 bits per heavy atom. The molecule has 7 nitrogen and oxygen atoms in total. The van der Waals surface area contributed by atoms with Gasteiger partial charge in [-0.25, -0.2) is 0 Å². The van der Waals surface area contributed by atoms with Crippen molar-refractivity contribution in [3.8, 4) is 0 Å². The van der Waals surface area contributed by atoms with Gasteiger partial charge in [0.15, 0.2) is 0 Å². The maximum absolute atomic E-state index is 8.52. The first-order chi connectivity index (χ1) is 2.00. The third-order valence-electron chi connectivity index (χ3n) is 0. The van der Waals surface area contributed by atoms with E-state index in [4.69, 9.17) is 17.5 Å². The Bertz CT molecular complexity index is 94.8. The molecule has 0 aliphatic carbocycles. The van der Waals surface area contributed by atoms with Crippen molar-refractivity contribution in [2.24, 2.45) is 0 Å². The fourth-order valence-corrected chi connectivity index (χ4v) is 0. The molecule has 0 rings (SSSR count). The zero-order valence-corrected chi connectivity index (χ0v) is 7.72. The Morgan fingerprint density at radius 2 is 0.800 bits per heavy atom. The number of hydrogen-bond donors (Lipinski definition) is 0. The van der Waals surface area contributed by atoms with Crippen molar-refractivity contribution in [2.45, 2.75) is 0 Å². The molecule has 0 aromatic rings. The molecule has 2 radical (unpaired) electrons. The fourth-order valence-electron chi connectivity index (χ4n) is 0. The smallest absolute Gasteiger partial charge is 0.759 e. The van der Waals surface area contributed by atoms with Crippen LogP contribution in [0, 0.1) is 0 Å². The Balaban J connectivity index is -0.00000000800. The largest absolute Gasteiger partial charge is 3.00 e. The molecule has 0 spiro atoms. The molecule has 0 saturated carbocycles. The van der Waals surface area contributed by atoms with Crippen molar-refractivity contribution in [3.05, 3.63) is 0 Å². The molecule has 62 valence electrons. The molecule has 0 aliphatic rings. The van der Waals surface area contributed by atoms with Gasteiger partial charge in [0.2, 0.25) is 0 Å². The molecule has 0 aromatic heterocycles. The van der Waals surface area contributed by atoms with Crippen LogP contribution in [0.3, 0.4) is 0 Å². The minimum absolute atomic E-state index is 0. The van der Waals surface area contributed by atoms with Gasteiger partial charge in [0.05, 0.1) is 0 Å². The van der Waals surface area contributed by atoms with Crippen LogP contribution >= 0.6 is 0 Å². The summed E-state index contributed by atoms with van der Waals surface area (Å²) in [6, 6.07) is 0. The summed E-state index contributed by atoms with van der Waals surface area (Å²) >= 11 is 0. The molecule has 0 unspecified atom stereocenters. The molecule has 0 aliphatic heterocycles. The molecule has 6 N–H and O–H groups in total. The topological polar surface area (TPSA) is 175 Å². The second-order valence-electron chi connectivity index (χ2n) is 0.408. The monoisotopic (exact) mass is 254 g/mol. The van der Waals surface area contributed by atoms with Crippen molar-refractivity contribution in [1.82, 2.24) is 0 Å². The minimum atomic E-state index is -5.17. The van der Waals surface area contributed by atoms with E-state index >= 15 is 0 Å². The van der Waals surface area contributed by atoms with E-state index in [1.54, 1.807) is 0 Å². The van der Waals surface area contributed by atoms with E-state index in [0.717, 1.165) is 0 Å². The van der Waals surface area contributed by atoms with Gasteiger partial charge in [-0.3, -0.25) is 8.42 Å². The first-order valence-corrected chi connectivity index (χ1v) is 2.00. The van der Waals surface area contributed by atoms with Crippen LogP contribution in [-0.2, 0) is 45.1 Å². The number of hydrogen-bond acceptors (Lipinski definition) is 4.